The highest BCUT2D eigenvalue weighted by Gasteiger charge is 2.24. The van der Waals surface area contributed by atoms with E-state index in [1.807, 2.05) is 24.0 Å². The fraction of sp³-hybridized carbons (Fsp3) is 0.500. The maximum atomic E-state index is 6.49. The Balaban J connectivity index is 1.29. The van der Waals surface area contributed by atoms with Gasteiger partial charge in [-0.3, -0.25) is 9.67 Å². The van der Waals surface area contributed by atoms with Gasteiger partial charge in [0.15, 0.2) is 0 Å². The minimum Gasteiger partial charge on any atom is -0.488 e. The highest BCUT2D eigenvalue weighted by atomic mass is 16.5. The molecule has 0 unspecified atom stereocenters. The zero-order chi connectivity index (χ0) is 20.3. The van der Waals surface area contributed by atoms with Crippen molar-refractivity contribution in [3.63, 3.8) is 0 Å². The number of nitrogens with zero attached hydrogens (tertiary/aromatic N) is 5. The smallest absolute Gasteiger partial charge is 0.149 e. The van der Waals surface area contributed by atoms with Gasteiger partial charge in [-0.05, 0) is 31.7 Å². The van der Waals surface area contributed by atoms with Crippen LogP contribution >= 0.6 is 0 Å². The molecule has 2 aromatic heterocycles. The second-order valence-electron chi connectivity index (χ2n) is 8.08. The number of benzene rings is 1. The molecule has 0 bridgehead atoms. The first-order chi connectivity index (χ1) is 14.7. The molecule has 1 N–H and O–H groups in total. The Morgan fingerprint density at radius 2 is 1.87 bits per heavy atom. The number of rotatable bonds is 5. The van der Waals surface area contributed by atoms with Gasteiger partial charge in [0.05, 0.1) is 24.8 Å². The van der Waals surface area contributed by atoms with Crippen LogP contribution in [0.15, 0.2) is 36.8 Å². The van der Waals surface area contributed by atoms with Crippen molar-refractivity contribution >= 4 is 22.5 Å². The predicted molar refractivity (Wildman–Crippen MR) is 116 cm³/mol. The second-order valence-corrected chi connectivity index (χ2v) is 8.08. The summed E-state index contributed by atoms with van der Waals surface area (Å²) in [6.45, 7) is 3.27. The van der Waals surface area contributed by atoms with Crippen molar-refractivity contribution in [2.24, 2.45) is 7.05 Å². The maximum Gasteiger partial charge on any atom is 0.149 e. The van der Waals surface area contributed by atoms with Crippen molar-refractivity contribution in [2.75, 3.05) is 36.5 Å². The topological polar surface area (TPSA) is 77.3 Å². The van der Waals surface area contributed by atoms with Gasteiger partial charge in [-0.25, -0.2) is 4.98 Å². The predicted octanol–water partition coefficient (Wildman–Crippen LogP) is 3.00. The first-order valence-electron chi connectivity index (χ1n) is 10.7. The molecule has 0 atom stereocenters. The van der Waals surface area contributed by atoms with Gasteiger partial charge in [0.25, 0.3) is 0 Å². The van der Waals surface area contributed by atoms with Crippen LogP contribution in [0.5, 0.6) is 5.75 Å². The Morgan fingerprint density at radius 1 is 1.07 bits per heavy atom. The van der Waals surface area contributed by atoms with E-state index in [1.54, 1.807) is 12.4 Å². The van der Waals surface area contributed by atoms with Crippen LogP contribution in [-0.2, 0) is 11.8 Å². The third-order valence-corrected chi connectivity index (χ3v) is 5.93. The van der Waals surface area contributed by atoms with E-state index in [0.29, 0.717) is 6.04 Å². The number of anilines is 2. The van der Waals surface area contributed by atoms with E-state index in [4.69, 9.17) is 9.47 Å². The Hall–Kier alpha value is -2.87. The highest BCUT2D eigenvalue weighted by molar-refractivity contribution is 5.85. The Kier molecular flexibility index (Phi) is 5.40. The number of aromatic nitrogens is 4. The average molecular weight is 409 g/mol. The molecule has 0 amide bonds. The molecule has 1 saturated heterocycles. The molecule has 1 saturated carbocycles. The summed E-state index contributed by atoms with van der Waals surface area (Å²) in [6, 6.07) is 6.69. The number of aryl methyl sites for hydroxylation is 1. The van der Waals surface area contributed by atoms with Crippen LogP contribution in [0.2, 0.25) is 0 Å². The minimum absolute atomic E-state index is 0.192. The lowest BCUT2D eigenvalue weighted by atomic mass is 9.93. The highest BCUT2D eigenvalue weighted by Crippen LogP contribution is 2.33. The van der Waals surface area contributed by atoms with Crippen molar-refractivity contribution in [1.29, 1.82) is 0 Å². The van der Waals surface area contributed by atoms with E-state index >= 15 is 0 Å². The van der Waals surface area contributed by atoms with Crippen molar-refractivity contribution in [1.82, 2.24) is 19.7 Å². The first kappa shape index (κ1) is 19.1. The molecule has 0 radical (unpaired) electrons. The van der Waals surface area contributed by atoms with Gasteiger partial charge in [0.1, 0.15) is 17.1 Å². The minimum atomic E-state index is 0.192. The molecule has 3 aromatic rings. The van der Waals surface area contributed by atoms with Crippen LogP contribution in [-0.4, -0.2) is 58.2 Å². The second kappa shape index (κ2) is 8.47. The van der Waals surface area contributed by atoms with Gasteiger partial charge in [-0.2, -0.15) is 5.10 Å². The zero-order valence-electron chi connectivity index (χ0n) is 17.3. The van der Waals surface area contributed by atoms with E-state index in [-0.39, 0.29) is 6.10 Å². The van der Waals surface area contributed by atoms with Crippen molar-refractivity contribution in [2.45, 2.75) is 37.8 Å². The zero-order valence-corrected chi connectivity index (χ0v) is 17.3. The molecule has 2 aliphatic rings. The molecular weight excluding hydrogens is 380 g/mol. The summed E-state index contributed by atoms with van der Waals surface area (Å²) in [5.41, 5.74) is 2.84. The Labute approximate surface area is 176 Å². The summed E-state index contributed by atoms with van der Waals surface area (Å²) >= 11 is 0. The quantitative estimate of drug-likeness (QED) is 0.695. The lowest BCUT2D eigenvalue weighted by Crippen LogP contribution is -2.36. The summed E-state index contributed by atoms with van der Waals surface area (Å²) in [7, 11) is 1.94. The van der Waals surface area contributed by atoms with E-state index in [1.165, 1.54) is 0 Å². The third kappa shape index (κ3) is 4.18. The van der Waals surface area contributed by atoms with E-state index in [2.05, 4.69) is 37.4 Å². The standard InChI is InChI=1S/C22H28N6O2/c1-27-9-6-21(26-27)25-16-2-4-18(5-3-16)30-20-15-17(28-10-12-29-13-11-28)14-19-22(20)24-8-7-23-19/h6-9,14-16,18H,2-5,10-13H2,1H3,(H,25,26). The fourth-order valence-corrected chi connectivity index (χ4v) is 4.33. The maximum absolute atomic E-state index is 6.49. The average Bonchev–Trinajstić information content (AvgIpc) is 3.20. The number of hydrogen-bond acceptors (Lipinski definition) is 7. The summed E-state index contributed by atoms with van der Waals surface area (Å²) < 4.78 is 13.8. The lowest BCUT2D eigenvalue weighted by molar-refractivity contribution is 0.122. The summed E-state index contributed by atoms with van der Waals surface area (Å²) in [5.74, 6) is 1.78. The van der Waals surface area contributed by atoms with Crippen molar-refractivity contribution < 1.29 is 9.47 Å². The van der Waals surface area contributed by atoms with Crippen LogP contribution in [0, 0.1) is 0 Å². The largest absolute Gasteiger partial charge is 0.488 e. The van der Waals surface area contributed by atoms with Gasteiger partial charge < -0.3 is 19.7 Å². The van der Waals surface area contributed by atoms with Gasteiger partial charge in [-0.15, -0.1) is 0 Å². The molecule has 2 fully saturated rings. The van der Waals surface area contributed by atoms with Gasteiger partial charge >= 0.3 is 0 Å². The SMILES string of the molecule is Cn1ccc(NC2CCC(Oc3cc(N4CCOCC4)cc4nccnc34)CC2)n1. The number of ether oxygens (including phenoxy) is 2. The monoisotopic (exact) mass is 408 g/mol. The molecule has 158 valence electrons. The summed E-state index contributed by atoms with van der Waals surface area (Å²) in [6.07, 6.45) is 9.77. The Morgan fingerprint density at radius 3 is 2.63 bits per heavy atom. The Bertz CT molecular complexity index is 992. The number of nitrogens with one attached hydrogen (secondary N) is 1. The molecular formula is C22H28N6O2. The van der Waals surface area contributed by atoms with Gasteiger partial charge in [-0.1, -0.05) is 0 Å². The lowest BCUT2D eigenvalue weighted by Gasteiger charge is -2.31. The molecule has 1 aliphatic heterocycles. The van der Waals surface area contributed by atoms with Crippen molar-refractivity contribution in [3.8, 4) is 5.75 Å². The van der Waals surface area contributed by atoms with Crippen LogP contribution in [0.1, 0.15) is 25.7 Å². The first-order valence-corrected chi connectivity index (χ1v) is 10.7. The van der Waals surface area contributed by atoms with Gasteiger partial charge in [0, 0.05) is 62.6 Å². The summed E-state index contributed by atoms with van der Waals surface area (Å²) in [5, 5.41) is 7.96. The molecule has 30 heavy (non-hydrogen) atoms. The van der Waals surface area contributed by atoms with E-state index < -0.39 is 0 Å². The van der Waals surface area contributed by atoms with Crippen LogP contribution < -0.4 is 15.0 Å². The number of hydrogen-bond donors (Lipinski definition) is 1. The number of morpholine rings is 1. The molecule has 1 aliphatic carbocycles. The normalized spacial score (nSPS) is 22.2. The summed E-state index contributed by atoms with van der Waals surface area (Å²) in [4.78, 5) is 11.4. The molecule has 0 spiro atoms. The van der Waals surface area contributed by atoms with Crippen LogP contribution in [0.25, 0.3) is 11.0 Å². The molecule has 5 rings (SSSR count). The molecule has 8 heteroatoms. The molecule has 1 aromatic carbocycles. The molecule has 8 nitrogen and oxygen atoms in total. The number of fused-ring (bicyclic) bond motifs is 1. The van der Waals surface area contributed by atoms with E-state index in [9.17, 15) is 0 Å². The fourth-order valence-electron chi connectivity index (χ4n) is 4.33. The molecule has 3 heterocycles. The van der Waals surface area contributed by atoms with Crippen molar-refractivity contribution in [3.05, 3.63) is 36.8 Å². The third-order valence-electron chi connectivity index (χ3n) is 5.93. The van der Waals surface area contributed by atoms with Gasteiger partial charge in [0.2, 0.25) is 0 Å². The van der Waals surface area contributed by atoms with Crippen LogP contribution in [0.4, 0.5) is 11.5 Å². The van der Waals surface area contributed by atoms with Crippen LogP contribution in [0.3, 0.4) is 0 Å². The van der Waals surface area contributed by atoms with E-state index in [0.717, 1.165) is 80.3 Å².